The van der Waals surface area contributed by atoms with E-state index in [-0.39, 0.29) is 5.82 Å². The van der Waals surface area contributed by atoms with Crippen LogP contribution in [0.15, 0.2) is 0 Å². The van der Waals surface area contributed by atoms with E-state index in [9.17, 15) is 4.79 Å². The highest BCUT2D eigenvalue weighted by Gasteiger charge is 2.30. The predicted octanol–water partition coefficient (Wildman–Crippen LogP) is 4.05. The average Bonchev–Trinajstić information content (AvgIpc) is 2.40. The van der Waals surface area contributed by atoms with Crippen LogP contribution in [-0.2, 0) is 4.79 Å². The Kier molecular flexibility index (Phi) is 14.3. The van der Waals surface area contributed by atoms with Gasteiger partial charge < -0.3 is 4.90 Å². The average molecular weight is 253 g/mol. The summed E-state index contributed by atoms with van der Waals surface area (Å²) in [6.45, 7) is 10.4. The monoisotopic (exact) mass is 253 g/mol. The van der Waals surface area contributed by atoms with Crippen molar-refractivity contribution in [2.24, 2.45) is 5.92 Å². The Morgan fingerprint density at radius 3 is 2.11 bits per heavy atom. The van der Waals surface area contributed by atoms with Gasteiger partial charge >= 0.3 is 0 Å². The van der Waals surface area contributed by atoms with Crippen molar-refractivity contribution >= 4 is 14.3 Å². The SMILES string of the molecule is CC.CCC.[B]C1CCCC(N(C)C=O)C1CC. The van der Waals surface area contributed by atoms with Crippen LogP contribution in [0, 0.1) is 5.92 Å². The van der Waals surface area contributed by atoms with E-state index in [2.05, 4.69) is 20.8 Å². The van der Waals surface area contributed by atoms with Gasteiger partial charge in [-0.2, -0.15) is 0 Å². The van der Waals surface area contributed by atoms with Crippen molar-refractivity contribution in [2.75, 3.05) is 7.05 Å². The normalized spacial score (nSPS) is 26.0. The topological polar surface area (TPSA) is 20.3 Å². The van der Waals surface area contributed by atoms with Crippen LogP contribution in [0.2, 0.25) is 5.82 Å². The molecule has 0 aromatic carbocycles. The van der Waals surface area contributed by atoms with Gasteiger partial charge in [-0.1, -0.05) is 66.1 Å². The first-order chi connectivity index (χ1) is 8.62. The Bertz CT molecular complexity index is 187. The minimum absolute atomic E-state index is 0.283. The third-order valence-electron chi connectivity index (χ3n) is 3.24. The molecule has 0 aliphatic heterocycles. The first-order valence-electron chi connectivity index (χ1n) is 7.55. The molecule has 3 unspecified atom stereocenters. The number of carbonyl (C=O) groups excluding carboxylic acids is 1. The lowest BCUT2D eigenvalue weighted by molar-refractivity contribution is -0.120. The molecule has 106 valence electrons. The van der Waals surface area contributed by atoms with E-state index >= 15 is 0 Å². The third-order valence-corrected chi connectivity index (χ3v) is 3.24. The van der Waals surface area contributed by atoms with E-state index in [0.717, 1.165) is 32.1 Å². The summed E-state index contributed by atoms with van der Waals surface area (Å²) < 4.78 is 0. The highest BCUT2D eigenvalue weighted by atomic mass is 16.1. The number of carbonyl (C=O) groups is 1. The zero-order valence-electron chi connectivity index (χ0n) is 13.3. The molecule has 0 bridgehead atoms. The molecular formula is C15H32BNO. The third kappa shape index (κ3) is 7.08. The molecule has 1 fully saturated rings. The summed E-state index contributed by atoms with van der Waals surface area (Å²) in [6.07, 6.45) is 6.62. The lowest BCUT2D eigenvalue weighted by Gasteiger charge is -2.40. The van der Waals surface area contributed by atoms with Crippen molar-refractivity contribution in [2.45, 2.75) is 78.6 Å². The largest absolute Gasteiger partial charge is 0.345 e. The molecule has 0 N–H and O–H groups in total. The van der Waals surface area contributed by atoms with Crippen molar-refractivity contribution in [1.82, 2.24) is 4.90 Å². The van der Waals surface area contributed by atoms with Gasteiger partial charge in [-0.3, -0.25) is 4.79 Å². The fraction of sp³-hybridized carbons (Fsp3) is 0.933. The van der Waals surface area contributed by atoms with E-state index in [1.165, 1.54) is 6.42 Å². The minimum Gasteiger partial charge on any atom is -0.345 e. The predicted molar refractivity (Wildman–Crippen MR) is 82.1 cm³/mol. The Morgan fingerprint density at radius 2 is 1.72 bits per heavy atom. The zero-order chi connectivity index (χ0) is 14.6. The van der Waals surface area contributed by atoms with Crippen molar-refractivity contribution in [3.8, 4) is 0 Å². The summed E-state index contributed by atoms with van der Waals surface area (Å²) in [6, 6.07) is 0.367. The molecule has 0 aromatic rings. The molecule has 0 aromatic heterocycles. The smallest absolute Gasteiger partial charge is 0.209 e. The van der Waals surface area contributed by atoms with Crippen LogP contribution in [-0.4, -0.2) is 32.2 Å². The maximum Gasteiger partial charge on any atom is 0.209 e. The van der Waals surface area contributed by atoms with Crippen molar-refractivity contribution in [3.05, 3.63) is 0 Å². The minimum atomic E-state index is 0.283. The van der Waals surface area contributed by atoms with Gasteiger partial charge in [0.2, 0.25) is 6.41 Å². The summed E-state index contributed by atoms with van der Waals surface area (Å²) in [5.74, 6) is 0.773. The van der Waals surface area contributed by atoms with Gasteiger partial charge in [-0.15, -0.1) is 0 Å². The highest BCUT2D eigenvalue weighted by molar-refractivity contribution is 6.11. The van der Waals surface area contributed by atoms with Crippen LogP contribution in [0.4, 0.5) is 0 Å². The number of hydrogen-bond donors (Lipinski definition) is 0. The lowest BCUT2D eigenvalue weighted by atomic mass is 9.65. The van der Waals surface area contributed by atoms with E-state index in [1.54, 1.807) is 4.90 Å². The molecule has 0 saturated heterocycles. The van der Waals surface area contributed by atoms with E-state index in [1.807, 2.05) is 20.9 Å². The molecule has 3 heteroatoms. The van der Waals surface area contributed by atoms with Gasteiger partial charge in [-0.05, 0) is 12.3 Å². The second-order valence-electron chi connectivity index (χ2n) is 4.71. The summed E-state index contributed by atoms with van der Waals surface area (Å²) in [7, 11) is 7.89. The second-order valence-corrected chi connectivity index (χ2v) is 4.71. The first-order valence-corrected chi connectivity index (χ1v) is 7.55. The fourth-order valence-electron chi connectivity index (χ4n) is 2.43. The van der Waals surface area contributed by atoms with Gasteiger partial charge in [0, 0.05) is 13.1 Å². The molecule has 3 atom stereocenters. The molecule has 0 heterocycles. The lowest BCUT2D eigenvalue weighted by Crippen LogP contribution is -2.41. The Morgan fingerprint density at radius 1 is 1.22 bits per heavy atom. The van der Waals surface area contributed by atoms with Crippen LogP contribution in [0.1, 0.15) is 66.7 Å². The van der Waals surface area contributed by atoms with E-state index in [4.69, 9.17) is 7.85 Å². The number of hydrogen-bond acceptors (Lipinski definition) is 1. The number of rotatable bonds is 3. The molecular weight excluding hydrogens is 221 g/mol. The number of nitrogens with zero attached hydrogens (tertiary/aromatic N) is 1. The van der Waals surface area contributed by atoms with E-state index < -0.39 is 0 Å². The van der Waals surface area contributed by atoms with Crippen LogP contribution in [0.5, 0.6) is 0 Å². The molecule has 1 saturated carbocycles. The standard InChI is InChI=1S/C10H18BNO.C3H8.C2H6/c1-3-8-9(11)5-4-6-10(8)12(2)7-13;1-3-2;1-2/h7-10H,3-6H2,1-2H3;3H2,1-2H3;1-2H3. The molecule has 1 amide bonds. The first kappa shape index (κ1) is 19.9. The molecule has 18 heavy (non-hydrogen) atoms. The van der Waals surface area contributed by atoms with Gasteiger partial charge in [0.15, 0.2) is 0 Å². The van der Waals surface area contributed by atoms with Gasteiger partial charge in [0.05, 0.1) is 7.85 Å². The van der Waals surface area contributed by atoms with Gasteiger partial charge in [-0.25, -0.2) is 0 Å². The Labute approximate surface area is 116 Å². The van der Waals surface area contributed by atoms with Crippen LogP contribution in [0.3, 0.4) is 0 Å². The van der Waals surface area contributed by atoms with Crippen molar-refractivity contribution in [3.63, 3.8) is 0 Å². The summed E-state index contributed by atoms with van der Waals surface area (Å²) in [5, 5.41) is 0. The molecule has 0 spiro atoms. The van der Waals surface area contributed by atoms with Crippen molar-refractivity contribution in [1.29, 1.82) is 0 Å². The maximum atomic E-state index is 10.7. The van der Waals surface area contributed by atoms with E-state index in [0.29, 0.717) is 12.0 Å². The number of amides is 1. The Hall–Kier alpha value is -0.465. The quantitative estimate of drug-likeness (QED) is 0.548. The zero-order valence-corrected chi connectivity index (χ0v) is 13.3. The molecule has 2 nitrogen and oxygen atoms in total. The van der Waals surface area contributed by atoms with Crippen molar-refractivity contribution < 1.29 is 4.79 Å². The molecule has 1 aliphatic rings. The second kappa shape index (κ2) is 13.0. The molecule has 1 aliphatic carbocycles. The summed E-state index contributed by atoms with van der Waals surface area (Å²) in [5.41, 5.74) is 0. The highest BCUT2D eigenvalue weighted by Crippen LogP contribution is 2.36. The van der Waals surface area contributed by atoms with Crippen LogP contribution in [0.25, 0.3) is 0 Å². The molecule has 2 radical (unpaired) electrons. The Balaban J connectivity index is 0. The summed E-state index contributed by atoms with van der Waals surface area (Å²) in [4.78, 5) is 12.4. The van der Waals surface area contributed by atoms with Gasteiger partial charge in [0.25, 0.3) is 0 Å². The fourth-order valence-corrected chi connectivity index (χ4v) is 2.43. The molecule has 1 rings (SSSR count). The van der Waals surface area contributed by atoms with Gasteiger partial charge in [0.1, 0.15) is 0 Å². The summed E-state index contributed by atoms with van der Waals surface area (Å²) >= 11 is 0. The van der Waals surface area contributed by atoms with Crippen LogP contribution < -0.4 is 0 Å². The van der Waals surface area contributed by atoms with Crippen LogP contribution >= 0.6 is 0 Å². The maximum absolute atomic E-state index is 10.7.